The molecular weight excluding hydrogens is 459 g/mol. The Morgan fingerprint density at radius 3 is 2.39 bits per heavy atom. The number of hydrogen-bond donors (Lipinski definition) is 2. The Bertz CT molecular complexity index is 967. The SMILES string of the molecule is ClC(Cl)(Cl)c1nc(NCCCN2CCCC2)nc(Nc2ccc(-n3cccn3)cc2)n1. The number of alkyl halides is 3. The molecule has 4 rings (SSSR count). The smallest absolute Gasteiger partial charge is 0.250 e. The van der Waals surface area contributed by atoms with Gasteiger partial charge in [0.2, 0.25) is 15.7 Å². The predicted octanol–water partition coefficient (Wildman–Crippen LogP) is 4.53. The molecular formula is C20H23Cl3N8. The Balaban J connectivity index is 1.43. The lowest BCUT2D eigenvalue weighted by molar-refractivity contribution is 0.337. The fourth-order valence-electron chi connectivity index (χ4n) is 3.39. The molecule has 1 aliphatic heterocycles. The lowest BCUT2D eigenvalue weighted by atomic mass is 10.3. The van der Waals surface area contributed by atoms with Gasteiger partial charge in [0.05, 0.1) is 5.69 Å². The predicted molar refractivity (Wildman–Crippen MR) is 125 cm³/mol. The van der Waals surface area contributed by atoms with Crippen molar-refractivity contribution in [1.29, 1.82) is 0 Å². The summed E-state index contributed by atoms with van der Waals surface area (Å²) < 4.78 is 0.0210. The van der Waals surface area contributed by atoms with E-state index in [1.807, 2.05) is 36.5 Å². The minimum absolute atomic E-state index is 0.0604. The molecule has 0 atom stereocenters. The third-order valence-corrected chi connectivity index (χ3v) is 5.42. The summed E-state index contributed by atoms with van der Waals surface area (Å²) in [6, 6.07) is 9.54. The van der Waals surface area contributed by atoms with Crippen molar-refractivity contribution in [3.05, 3.63) is 48.5 Å². The van der Waals surface area contributed by atoms with Crippen molar-refractivity contribution in [2.75, 3.05) is 36.8 Å². The highest BCUT2D eigenvalue weighted by Crippen LogP contribution is 2.36. The van der Waals surface area contributed by atoms with Crippen LogP contribution in [0.3, 0.4) is 0 Å². The van der Waals surface area contributed by atoms with Gasteiger partial charge in [-0.15, -0.1) is 0 Å². The van der Waals surface area contributed by atoms with E-state index in [1.54, 1.807) is 10.9 Å². The van der Waals surface area contributed by atoms with Crippen LogP contribution in [0.4, 0.5) is 17.6 Å². The van der Waals surface area contributed by atoms with Crippen LogP contribution < -0.4 is 10.6 Å². The Hall–Kier alpha value is -2.13. The Morgan fingerprint density at radius 2 is 1.71 bits per heavy atom. The molecule has 1 fully saturated rings. The second kappa shape index (κ2) is 9.99. The van der Waals surface area contributed by atoms with E-state index in [9.17, 15) is 0 Å². The number of likely N-dealkylation sites (tertiary alicyclic amines) is 1. The molecule has 1 aliphatic rings. The van der Waals surface area contributed by atoms with E-state index in [4.69, 9.17) is 34.8 Å². The number of hydrogen-bond acceptors (Lipinski definition) is 7. The third kappa shape index (κ3) is 6.20. The van der Waals surface area contributed by atoms with Crippen molar-refractivity contribution in [1.82, 2.24) is 29.6 Å². The van der Waals surface area contributed by atoms with Crippen molar-refractivity contribution >= 4 is 52.4 Å². The lowest BCUT2D eigenvalue weighted by Gasteiger charge is -2.16. The highest BCUT2D eigenvalue weighted by molar-refractivity contribution is 6.66. The minimum Gasteiger partial charge on any atom is -0.354 e. The highest BCUT2D eigenvalue weighted by atomic mass is 35.6. The van der Waals surface area contributed by atoms with Crippen LogP contribution >= 0.6 is 34.8 Å². The summed E-state index contributed by atoms with van der Waals surface area (Å²) in [5.41, 5.74) is 1.73. The van der Waals surface area contributed by atoms with Gasteiger partial charge < -0.3 is 15.5 Å². The van der Waals surface area contributed by atoms with Crippen LogP contribution in [-0.4, -0.2) is 55.8 Å². The van der Waals surface area contributed by atoms with Crippen LogP contribution in [0.2, 0.25) is 0 Å². The molecule has 2 aromatic heterocycles. The van der Waals surface area contributed by atoms with E-state index in [0.717, 1.165) is 30.9 Å². The zero-order valence-corrected chi connectivity index (χ0v) is 19.1. The number of aromatic nitrogens is 5. The fourth-order valence-corrected chi connectivity index (χ4v) is 3.65. The second-order valence-corrected chi connectivity index (χ2v) is 9.54. The topological polar surface area (TPSA) is 83.8 Å². The van der Waals surface area contributed by atoms with Crippen LogP contribution in [0.1, 0.15) is 25.1 Å². The first kappa shape index (κ1) is 22.1. The first-order chi connectivity index (χ1) is 15.0. The number of nitrogens with one attached hydrogen (secondary N) is 2. The molecule has 11 heteroatoms. The van der Waals surface area contributed by atoms with Crippen molar-refractivity contribution in [3.8, 4) is 5.69 Å². The molecule has 8 nitrogen and oxygen atoms in total. The number of anilines is 3. The molecule has 0 unspecified atom stereocenters. The Labute approximate surface area is 195 Å². The average Bonchev–Trinajstić information content (AvgIpc) is 3.45. The molecule has 0 saturated carbocycles. The summed E-state index contributed by atoms with van der Waals surface area (Å²) in [7, 11) is 0. The molecule has 3 aromatic rings. The maximum atomic E-state index is 6.04. The molecule has 1 saturated heterocycles. The van der Waals surface area contributed by atoms with Crippen LogP contribution in [0.5, 0.6) is 0 Å². The van der Waals surface area contributed by atoms with Crippen molar-refractivity contribution in [2.45, 2.75) is 23.1 Å². The molecule has 0 spiro atoms. The average molecular weight is 482 g/mol. The van der Waals surface area contributed by atoms with Crippen LogP contribution in [-0.2, 0) is 3.79 Å². The summed E-state index contributed by atoms with van der Waals surface area (Å²) in [4.78, 5) is 15.4. The first-order valence-corrected chi connectivity index (χ1v) is 11.3. The monoisotopic (exact) mass is 480 g/mol. The number of rotatable bonds is 8. The molecule has 164 valence electrons. The van der Waals surface area contributed by atoms with Gasteiger partial charge >= 0.3 is 0 Å². The van der Waals surface area contributed by atoms with Gasteiger partial charge in [0.1, 0.15) is 0 Å². The summed E-state index contributed by atoms with van der Waals surface area (Å²) in [6.45, 7) is 4.12. The quantitative estimate of drug-likeness (QED) is 0.361. The van der Waals surface area contributed by atoms with E-state index >= 15 is 0 Å². The molecule has 3 heterocycles. The molecule has 1 aromatic carbocycles. The van der Waals surface area contributed by atoms with Crippen molar-refractivity contribution in [3.63, 3.8) is 0 Å². The summed E-state index contributed by atoms with van der Waals surface area (Å²) in [6.07, 6.45) is 7.15. The standard InChI is InChI=1S/C20H23Cl3N8/c21-20(22,23)17-27-18(24-9-3-13-30-11-1-2-12-30)29-19(28-17)26-15-5-7-16(8-6-15)31-14-4-10-25-31/h4-8,10,14H,1-3,9,11-13H2,(H2,24,26,27,28,29). The summed E-state index contributed by atoms with van der Waals surface area (Å²) in [5, 5.41) is 10.6. The molecule has 0 aliphatic carbocycles. The normalized spacial score (nSPS) is 14.7. The Kier molecular flexibility index (Phi) is 7.12. The van der Waals surface area contributed by atoms with Crippen LogP contribution in [0, 0.1) is 0 Å². The maximum Gasteiger partial charge on any atom is 0.250 e. The van der Waals surface area contributed by atoms with Crippen LogP contribution in [0.15, 0.2) is 42.7 Å². The molecule has 2 N–H and O–H groups in total. The number of halogens is 3. The Morgan fingerprint density at radius 1 is 0.968 bits per heavy atom. The van der Waals surface area contributed by atoms with Gasteiger partial charge in [-0.1, -0.05) is 34.8 Å². The number of nitrogens with zero attached hydrogens (tertiary/aromatic N) is 6. The van der Waals surface area contributed by atoms with Gasteiger partial charge in [-0.25, -0.2) is 4.68 Å². The third-order valence-electron chi connectivity index (χ3n) is 4.91. The van der Waals surface area contributed by atoms with Gasteiger partial charge in [0.25, 0.3) is 0 Å². The zero-order valence-electron chi connectivity index (χ0n) is 16.8. The zero-order chi connectivity index (χ0) is 21.7. The fraction of sp³-hybridized carbons (Fsp3) is 0.400. The van der Waals surface area contributed by atoms with Gasteiger partial charge in [-0.3, -0.25) is 0 Å². The second-order valence-electron chi connectivity index (χ2n) is 7.26. The van der Waals surface area contributed by atoms with Crippen molar-refractivity contribution in [2.24, 2.45) is 0 Å². The maximum absolute atomic E-state index is 6.04. The van der Waals surface area contributed by atoms with E-state index in [0.29, 0.717) is 11.9 Å². The van der Waals surface area contributed by atoms with Crippen LogP contribution in [0.25, 0.3) is 5.69 Å². The van der Waals surface area contributed by atoms with Gasteiger partial charge in [-0.05, 0) is 69.2 Å². The van der Waals surface area contributed by atoms with E-state index in [1.165, 1.54) is 25.9 Å². The largest absolute Gasteiger partial charge is 0.354 e. The first-order valence-electron chi connectivity index (χ1n) is 10.1. The van der Waals surface area contributed by atoms with Gasteiger partial charge in [0.15, 0.2) is 5.82 Å². The summed E-state index contributed by atoms with van der Waals surface area (Å²) >= 11 is 18.1. The van der Waals surface area contributed by atoms with Gasteiger partial charge in [-0.2, -0.15) is 20.1 Å². The highest BCUT2D eigenvalue weighted by Gasteiger charge is 2.28. The molecule has 31 heavy (non-hydrogen) atoms. The number of benzene rings is 1. The van der Waals surface area contributed by atoms with Gasteiger partial charge in [0, 0.05) is 24.6 Å². The van der Waals surface area contributed by atoms with E-state index in [2.05, 4.69) is 35.6 Å². The molecule has 0 bridgehead atoms. The van der Waals surface area contributed by atoms with E-state index in [-0.39, 0.29) is 5.82 Å². The summed E-state index contributed by atoms with van der Waals surface area (Å²) in [5.74, 6) is 0.726. The van der Waals surface area contributed by atoms with Crippen molar-refractivity contribution < 1.29 is 0 Å². The molecule has 0 radical (unpaired) electrons. The van der Waals surface area contributed by atoms with E-state index < -0.39 is 3.79 Å². The lowest BCUT2D eigenvalue weighted by Crippen LogP contribution is -2.23. The minimum atomic E-state index is -1.75. The molecule has 0 amide bonds.